The van der Waals surface area contributed by atoms with Crippen LogP contribution in [0.15, 0.2) is 0 Å². The number of hydrogen-bond acceptors (Lipinski definition) is 1. The van der Waals surface area contributed by atoms with E-state index < -0.39 is 0 Å². The Morgan fingerprint density at radius 2 is 2.00 bits per heavy atom. The number of rotatable bonds is 2. The molecular weight excluding hydrogens is 265 g/mol. The van der Waals surface area contributed by atoms with Crippen LogP contribution in [0.3, 0.4) is 0 Å². The molecule has 2 nitrogen and oxygen atoms in total. The number of alkyl halides is 1. The topological polar surface area (TPSA) is 20.3 Å². The number of hydrogen-bond donors (Lipinski definition) is 0. The van der Waals surface area contributed by atoms with Gasteiger partial charge in [0.2, 0.25) is 5.91 Å². The Morgan fingerprint density at radius 1 is 1.42 bits per heavy atom. The average Bonchev–Trinajstić information content (AvgIpc) is 2.17. The largest absolute Gasteiger partial charge is 0.342 e. The van der Waals surface area contributed by atoms with Crippen LogP contribution in [0.1, 0.15) is 32.1 Å². The SMILES string of the molecule is CN(C(=O)CI)C1CCCCC1. The van der Waals surface area contributed by atoms with Gasteiger partial charge in [-0.15, -0.1) is 0 Å². The van der Waals surface area contributed by atoms with Gasteiger partial charge in [-0.1, -0.05) is 41.9 Å². The Morgan fingerprint density at radius 3 is 2.50 bits per heavy atom. The van der Waals surface area contributed by atoms with Gasteiger partial charge in [-0.05, 0) is 12.8 Å². The standard InChI is InChI=1S/C9H16INO/c1-11(9(12)7-10)8-5-3-2-4-6-8/h8H,2-7H2,1H3. The van der Waals surface area contributed by atoms with Gasteiger partial charge in [-0.3, -0.25) is 4.79 Å². The van der Waals surface area contributed by atoms with E-state index in [4.69, 9.17) is 0 Å². The van der Waals surface area contributed by atoms with Crippen LogP contribution in [0.4, 0.5) is 0 Å². The Hall–Kier alpha value is 0.200. The molecule has 70 valence electrons. The Balaban J connectivity index is 2.39. The lowest BCUT2D eigenvalue weighted by atomic mass is 9.94. The lowest BCUT2D eigenvalue weighted by Crippen LogP contribution is -2.38. The van der Waals surface area contributed by atoms with Crippen molar-refractivity contribution in [2.24, 2.45) is 0 Å². The van der Waals surface area contributed by atoms with Crippen LogP contribution in [-0.4, -0.2) is 28.3 Å². The van der Waals surface area contributed by atoms with E-state index in [2.05, 4.69) is 22.6 Å². The Labute approximate surface area is 87.8 Å². The highest BCUT2D eigenvalue weighted by molar-refractivity contribution is 14.1. The van der Waals surface area contributed by atoms with Crippen LogP contribution in [-0.2, 0) is 4.79 Å². The summed E-state index contributed by atoms with van der Waals surface area (Å²) in [5.74, 6) is 0.280. The molecule has 0 aromatic rings. The molecule has 0 aliphatic heterocycles. The zero-order chi connectivity index (χ0) is 8.97. The van der Waals surface area contributed by atoms with E-state index in [1.54, 1.807) is 0 Å². The number of amides is 1. The minimum Gasteiger partial charge on any atom is -0.342 e. The van der Waals surface area contributed by atoms with E-state index in [9.17, 15) is 4.79 Å². The zero-order valence-electron chi connectivity index (χ0n) is 7.55. The predicted molar refractivity (Wildman–Crippen MR) is 58.5 cm³/mol. The fraction of sp³-hybridized carbons (Fsp3) is 0.889. The van der Waals surface area contributed by atoms with Gasteiger partial charge in [0.05, 0.1) is 4.43 Å². The zero-order valence-corrected chi connectivity index (χ0v) is 9.71. The average molecular weight is 281 g/mol. The molecule has 0 atom stereocenters. The first-order chi connectivity index (χ1) is 5.75. The van der Waals surface area contributed by atoms with Gasteiger partial charge < -0.3 is 4.90 Å². The van der Waals surface area contributed by atoms with Crippen molar-refractivity contribution in [3.8, 4) is 0 Å². The van der Waals surface area contributed by atoms with Crippen molar-refractivity contribution in [1.29, 1.82) is 0 Å². The second-order valence-electron chi connectivity index (χ2n) is 3.43. The van der Waals surface area contributed by atoms with Gasteiger partial charge in [0.1, 0.15) is 0 Å². The minimum absolute atomic E-state index is 0.280. The van der Waals surface area contributed by atoms with E-state index in [1.807, 2.05) is 11.9 Å². The Bertz CT molecular complexity index is 155. The van der Waals surface area contributed by atoms with Crippen LogP contribution >= 0.6 is 22.6 Å². The lowest BCUT2D eigenvalue weighted by Gasteiger charge is -2.30. The van der Waals surface area contributed by atoms with E-state index in [0.29, 0.717) is 10.5 Å². The molecule has 1 aliphatic carbocycles. The molecule has 0 radical (unpaired) electrons. The molecule has 1 fully saturated rings. The molecule has 0 saturated heterocycles. The van der Waals surface area contributed by atoms with Gasteiger partial charge >= 0.3 is 0 Å². The van der Waals surface area contributed by atoms with Gasteiger partial charge in [0, 0.05) is 13.1 Å². The maximum absolute atomic E-state index is 11.3. The maximum atomic E-state index is 11.3. The summed E-state index contributed by atoms with van der Waals surface area (Å²) in [6, 6.07) is 0.529. The molecule has 0 heterocycles. The van der Waals surface area contributed by atoms with E-state index >= 15 is 0 Å². The fourth-order valence-electron chi connectivity index (χ4n) is 1.77. The molecule has 1 aliphatic rings. The van der Waals surface area contributed by atoms with Crippen molar-refractivity contribution in [3.05, 3.63) is 0 Å². The fourth-order valence-corrected chi connectivity index (χ4v) is 2.30. The number of carbonyl (C=O) groups excluding carboxylic acids is 1. The third-order valence-corrected chi connectivity index (χ3v) is 3.28. The van der Waals surface area contributed by atoms with Crippen molar-refractivity contribution >= 4 is 28.5 Å². The van der Waals surface area contributed by atoms with Crippen molar-refractivity contribution in [3.63, 3.8) is 0 Å². The third kappa shape index (κ3) is 2.61. The minimum atomic E-state index is 0.280. The molecule has 0 unspecified atom stereocenters. The highest BCUT2D eigenvalue weighted by Crippen LogP contribution is 2.21. The van der Waals surface area contributed by atoms with Gasteiger partial charge in [-0.25, -0.2) is 0 Å². The van der Waals surface area contributed by atoms with E-state index in [1.165, 1.54) is 32.1 Å². The van der Waals surface area contributed by atoms with Crippen molar-refractivity contribution in [2.75, 3.05) is 11.5 Å². The molecule has 0 bridgehead atoms. The van der Waals surface area contributed by atoms with Crippen LogP contribution in [0.5, 0.6) is 0 Å². The monoisotopic (exact) mass is 281 g/mol. The molecule has 12 heavy (non-hydrogen) atoms. The molecule has 0 aromatic heterocycles. The van der Waals surface area contributed by atoms with Crippen molar-refractivity contribution in [2.45, 2.75) is 38.1 Å². The van der Waals surface area contributed by atoms with E-state index in [-0.39, 0.29) is 5.91 Å². The first-order valence-electron chi connectivity index (χ1n) is 4.57. The molecule has 1 amide bonds. The summed E-state index contributed by atoms with van der Waals surface area (Å²) in [6.07, 6.45) is 6.35. The summed E-state index contributed by atoms with van der Waals surface area (Å²) in [4.78, 5) is 13.3. The van der Waals surface area contributed by atoms with Crippen molar-refractivity contribution < 1.29 is 4.79 Å². The predicted octanol–water partition coefficient (Wildman–Crippen LogP) is 2.21. The molecule has 3 heteroatoms. The molecular formula is C9H16INO. The van der Waals surface area contributed by atoms with Gasteiger partial charge in [0.15, 0.2) is 0 Å². The third-order valence-electron chi connectivity index (χ3n) is 2.63. The second-order valence-corrected chi connectivity index (χ2v) is 4.19. The quantitative estimate of drug-likeness (QED) is 0.561. The van der Waals surface area contributed by atoms with Crippen LogP contribution in [0.25, 0.3) is 0 Å². The van der Waals surface area contributed by atoms with Crippen molar-refractivity contribution in [1.82, 2.24) is 4.90 Å². The van der Waals surface area contributed by atoms with E-state index in [0.717, 1.165) is 0 Å². The summed E-state index contributed by atoms with van der Waals surface area (Å²) >= 11 is 2.13. The second kappa shape index (κ2) is 5.04. The number of carbonyl (C=O) groups is 1. The van der Waals surface area contributed by atoms with Gasteiger partial charge in [-0.2, -0.15) is 0 Å². The van der Waals surface area contributed by atoms with Crippen LogP contribution in [0.2, 0.25) is 0 Å². The highest BCUT2D eigenvalue weighted by atomic mass is 127. The number of nitrogens with zero attached hydrogens (tertiary/aromatic N) is 1. The number of halogens is 1. The molecule has 0 N–H and O–H groups in total. The lowest BCUT2D eigenvalue weighted by molar-refractivity contribution is -0.129. The normalized spacial score (nSPS) is 19.2. The van der Waals surface area contributed by atoms with Crippen LogP contribution < -0.4 is 0 Å². The van der Waals surface area contributed by atoms with Gasteiger partial charge in [0.25, 0.3) is 0 Å². The summed E-state index contributed by atoms with van der Waals surface area (Å²) in [5.41, 5.74) is 0. The summed E-state index contributed by atoms with van der Waals surface area (Å²) < 4.78 is 0.616. The van der Waals surface area contributed by atoms with Crippen LogP contribution in [0, 0.1) is 0 Å². The maximum Gasteiger partial charge on any atom is 0.232 e. The smallest absolute Gasteiger partial charge is 0.232 e. The Kier molecular flexibility index (Phi) is 4.32. The summed E-state index contributed by atoms with van der Waals surface area (Å²) in [7, 11) is 1.94. The molecule has 0 spiro atoms. The molecule has 0 aromatic carbocycles. The first kappa shape index (κ1) is 10.3. The first-order valence-corrected chi connectivity index (χ1v) is 6.10. The molecule has 1 saturated carbocycles. The molecule has 1 rings (SSSR count). The summed E-state index contributed by atoms with van der Waals surface area (Å²) in [5, 5.41) is 0. The summed E-state index contributed by atoms with van der Waals surface area (Å²) in [6.45, 7) is 0. The highest BCUT2D eigenvalue weighted by Gasteiger charge is 2.20.